The van der Waals surface area contributed by atoms with Crippen molar-refractivity contribution in [1.82, 2.24) is 0 Å². The number of nitrogens with two attached hydrogens (primary N) is 1. The molecule has 0 heterocycles. The number of hydrogen-bond donors (Lipinski definition) is 1. The first-order valence-corrected chi connectivity index (χ1v) is 6.03. The van der Waals surface area contributed by atoms with Crippen LogP contribution in [-0.2, 0) is 0 Å². The van der Waals surface area contributed by atoms with E-state index in [-0.39, 0.29) is 6.04 Å². The van der Waals surface area contributed by atoms with Crippen LogP contribution in [0.3, 0.4) is 0 Å². The van der Waals surface area contributed by atoms with Crippen LogP contribution >= 0.6 is 0 Å². The van der Waals surface area contributed by atoms with Gasteiger partial charge in [0.25, 0.3) is 0 Å². The lowest BCUT2D eigenvalue weighted by molar-refractivity contribution is 0.332. The molecule has 0 aliphatic heterocycles. The molecule has 0 aromatic heterocycles. The Hall–Kier alpha value is -1.02. The van der Waals surface area contributed by atoms with Gasteiger partial charge >= 0.3 is 0 Å². The van der Waals surface area contributed by atoms with Crippen molar-refractivity contribution in [3.05, 3.63) is 29.3 Å². The molecule has 0 saturated heterocycles. The van der Waals surface area contributed by atoms with Crippen LogP contribution in [0.2, 0.25) is 0 Å². The van der Waals surface area contributed by atoms with E-state index in [9.17, 15) is 0 Å². The lowest BCUT2D eigenvalue weighted by Gasteiger charge is -2.18. The molecule has 0 saturated carbocycles. The third kappa shape index (κ3) is 3.53. The summed E-state index contributed by atoms with van der Waals surface area (Å²) in [6.07, 6.45) is 0.990. The number of rotatable bonds is 5. The Bertz CT molecular complexity index is 334. The van der Waals surface area contributed by atoms with Crippen LogP contribution in [-0.4, -0.2) is 6.61 Å². The van der Waals surface area contributed by atoms with Crippen LogP contribution in [0.25, 0.3) is 0 Å². The molecule has 1 aromatic rings. The molecule has 1 unspecified atom stereocenters. The quantitative estimate of drug-likeness (QED) is 0.826. The van der Waals surface area contributed by atoms with Gasteiger partial charge in [0.2, 0.25) is 0 Å². The summed E-state index contributed by atoms with van der Waals surface area (Å²) in [5, 5.41) is 0. The zero-order valence-corrected chi connectivity index (χ0v) is 10.8. The molecule has 0 aliphatic carbocycles. The first kappa shape index (κ1) is 13.0. The topological polar surface area (TPSA) is 35.2 Å². The van der Waals surface area contributed by atoms with E-state index < -0.39 is 0 Å². The highest BCUT2D eigenvalue weighted by atomic mass is 16.5. The van der Waals surface area contributed by atoms with Crippen molar-refractivity contribution in [3.63, 3.8) is 0 Å². The molecule has 2 heteroatoms. The predicted octanol–water partition coefficient (Wildman–Crippen LogP) is 3.44. The van der Waals surface area contributed by atoms with Gasteiger partial charge in [-0.1, -0.05) is 31.5 Å². The SMILES string of the molecule is CCOc1ccc(C)cc1C(N)CC(C)C. The van der Waals surface area contributed by atoms with Crippen LogP contribution in [0.4, 0.5) is 0 Å². The summed E-state index contributed by atoms with van der Waals surface area (Å²) in [4.78, 5) is 0. The Morgan fingerprint density at radius 2 is 2.00 bits per heavy atom. The van der Waals surface area contributed by atoms with Crippen molar-refractivity contribution >= 4 is 0 Å². The summed E-state index contributed by atoms with van der Waals surface area (Å²) < 4.78 is 5.61. The summed E-state index contributed by atoms with van der Waals surface area (Å²) in [5.74, 6) is 1.53. The minimum atomic E-state index is 0.0708. The molecular formula is C14H23NO. The fraction of sp³-hybridized carbons (Fsp3) is 0.571. The van der Waals surface area contributed by atoms with Gasteiger partial charge in [-0.25, -0.2) is 0 Å². The smallest absolute Gasteiger partial charge is 0.124 e. The molecule has 2 nitrogen and oxygen atoms in total. The molecule has 1 atom stereocenters. The molecule has 0 fully saturated rings. The maximum Gasteiger partial charge on any atom is 0.124 e. The van der Waals surface area contributed by atoms with Crippen molar-refractivity contribution in [2.24, 2.45) is 11.7 Å². The summed E-state index contributed by atoms with van der Waals surface area (Å²) in [7, 11) is 0. The van der Waals surface area contributed by atoms with E-state index in [4.69, 9.17) is 10.5 Å². The Morgan fingerprint density at radius 1 is 1.31 bits per heavy atom. The van der Waals surface area contributed by atoms with E-state index in [0.717, 1.165) is 17.7 Å². The zero-order chi connectivity index (χ0) is 12.1. The van der Waals surface area contributed by atoms with Crippen molar-refractivity contribution in [3.8, 4) is 5.75 Å². The van der Waals surface area contributed by atoms with Gasteiger partial charge in [-0.05, 0) is 32.3 Å². The standard InChI is InChI=1S/C14H23NO/c1-5-16-14-7-6-11(4)9-12(14)13(15)8-10(2)3/h6-7,9-10,13H,5,8,15H2,1-4H3. The Balaban J connectivity index is 2.94. The molecule has 16 heavy (non-hydrogen) atoms. The highest BCUT2D eigenvalue weighted by Gasteiger charge is 2.13. The van der Waals surface area contributed by atoms with Gasteiger partial charge in [0.05, 0.1) is 6.61 Å². The Kier molecular flexibility index (Phi) is 4.81. The van der Waals surface area contributed by atoms with Crippen molar-refractivity contribution < 1.29 is 4.74 Å². The molecule has 1 rings (SSSR count). The second kappa shape index (κ2) is 5.90. The molecule has 0 amide bonds. The number of aryl methyl sites for hydroxylation is 1. The zero-order valence-electron chi connectivity index (χ0n) is 10.8. The molecule has 0 bridgehead atoms. The van der Waals surface area contributed by atoms with E-state index in [0.29, 0.717) is 12.5 Å². The predicted molar refractivity (Wildman–Crippen MR) is 68.7 cm³/mol. The van der Waals surface area contributed by atoms with E-state index in [1.807, 2.05) is 13.0 Å². The second-order valence-corrected chi connectivity index (χ2v) is 4.71. The Labute approximate surface area is 98.8 Å². The molecule has 0 radical (unpaired) electrons. The summed E-state index contributed by atoms with van der Waals surface area (Å²) in [6, 6.07) is 6.30. The van der Waals surface area contributed by atoms with Crippen molar-refractivity contribution in [2.45, 2.75) is 40.2 Å². The third-order valence-electron chi connectivity index (χ3n) is 2.59. The minimum absolute atomic E-state index is 0.0708. The van der Waals surface area contributed by atoms with Crippen LogP contribution in [0.5, 0.6) is 5.75 Å². The van der Waals surface area contributed by atoms with Crippen LogP contribution < -0.4 is 10.5 Å². The number of benzene rings is 1. The van der Waals surface area contributed by atoms with Gasteiger partial charge in [-0.2, -0.15) is 0 Å². The van der Waals surface area contributed by atoms with Gasteiger partial charge in [0.15, 0.2) is 0 Å². The first-order chi connectivity index (χ1) is 7.54. The van der Waals surface area contributed by atoms with Crippen LogP contribution in [0.15, 0.2) is 18.2 Å². The first-order valence-electron chi connectivity index (χ1n) is 6.03. The molecular weight excluding hydrogens is 198 g/mol. The van der Waals surface area contributed by atoms with E-state index in [1.54, 1.807) is 0 Å². The second-order valence-electron chi connectivity index (χ2n) is 4.71. The lowest BCUT2D eigenvalue weighted by Crippen LogP contribution is -2.14. The van der Waals surface area contributed by atoms with Gasteiger partial charge in [-0.3, -0.25) is 0 Å². The number of ether oxygens (including phenoxy) is 1. The molecule has 0 aliphatic rings. The lowest BCUT2D eigenvalue weighted by atomic mass is 9.96. The van der Waals surface area contributed by atoms with Gasteiger partial charge in [-0.15, -0.1) is 0 Å². The van der Waals surface area contributed by atoms with Crippen molar-refractivity contribution in [1.29, 1.82) is 0 Å². The Morgan fingerprint density at radius 3 is 2.56 bits per heavy atom. The van der Waals surface area contributed by atoms with E-state index in [1.165, 1.54) is 5.56 Å². The van der Waals surface area contributed by atoms with Crippen LogP contribution in [0, 0.1) is 12.8 Å². The van der Waals surface area contributed by atoms with Crippen molar-refractivity contribution in [2.75, 3.05) is 6.61 Å². The molecule has 90 valence electrons. The van der Waals surface area contributed by atoms with E-state index >= 15 is 0 Å². The molecule has 1 aromatic carbocycles. The molecule has 0 spiro atoms. The molecule has 2 N–H and O–H groups in total. The largest absolute Gasteiger partial charge is 0.494 e. The number of hydrogen-bond acceptors (Lipinski definition) is 2. The average molecular weight is 221 g/mol. The summed E-state index contributed by atoms with van der Waals surface area (Å²) in [6.45, 7) is 9.15. The van der Waals surface area contributed by atoms with Gasteiger partial charge < -0.3 is 10.5 Å². The van der Waals surface area contributed by atoms with E-state index in [2.05, 4.69) is 32.9 Å². The summed E-state index contributed by atoms with van der Waals surface area (Å²) >= 11 is 0. The van der Waals surface area contributed by atoms with Gasteiger partial charge in [0, 0.05) is 11.6 Å². The van der Waals surface area contributed by atoms with Crippen LogP contribution in [0.1, 0.15) is 44.4 Å². The fourth-order valence-corrected chi connectivity index (χ4v) is 1.88. The highest BCUT2D eigenvalue weighted by molar-refractivity contribution is 5.39. The average Bonchev–Trinajstić information content (AvgIpc) is 2.20. The normalized spacial score (nSPS) is 12.9. The maximum absolute atomic E-state index is 6.22. The minimum Gasteiger partial charge on any atom is -0.494 e. The monoisotopic (exact) mass is 221 g/mol. The maximum atomic E-state index is 6.22. The third-order valence-corrected chi connectivity index (χ3v) is 2.59. The van der Waals surface area contributed by atoms with Gasteiger partial charge in [0.1, 0.15) is 5.75 Å². The summed E-state index contributed by atoms with van der Waals surface area (Å²) in [5.41, 5.74) is 8.58. The highest BCUT2D eigenvalue weighted by Crippen LogP contribution is 2.28. The fourth-order valence-electron chi connectivity index (χ4n) is 1.88.